The average Bonchev–Trinajstić information content (AvgIpc) is 3.15. The van der Waals surface area contributed by atoms with Crippen LogP contribution >= 0.6 is 34.8 Å². The number of aliphatic hydroxyl groups is 1. The van der Waals surface area contributed by atoms with Crippen LogP contribution < -0.4 is 4.74 Å². The molecule has 3 aliphatic rings. The normalized spacial score (nSPS) is 23.6. The highest BCUT2D eigenvalue weighted by molar-refractivity contribution is 6.42. The molecule has 3 aromatic carbocycles. The maximum atomic E-state index is 13.4. The summed E-state index contributed by atoms with van der Waals surface area (Å²) in [6.45, 7) is 5.66. The third-order valence-corrected chi connectivity index (χ3v) is 8.70. The van der Waals surface area contributed by atoms with E-state index in [4.69, 9.17) is 44.3 Å². The van der Waals surface area contributed by atoms with Gasteiger partial charge in [0, 0.05) is 22.3 Å². The Labute approximate surface area is 234 Å². The largest absolute Gasteiger partial charge is 0.507 e. The van der Waals surface area contributed by atoms with Crippen LogP contribution in [0.4, 0.5) is 0 Å². The molecule has 38 heavy (non-hydrogen) atoms. The Bertz CT molecular complexity index is 1590. The molecule has 194 valence electrons. The van der Waals surface area contributed by atoms with Crippen LogP contribution in [0.25, 0.3) is 5.57 Å². The van der Waals surface area contributed by atoms with Crippen molar-refractivity contribution in [2.45, 2.75) is 32.5 Å². The third kappa shape index (κ3) is 3.35. The van der Waals surface area contributed by atoms with E-state index in [1.54, 1.807) is 19.1 Å². The number of esters is 1. The molecule has 8 heteroatoms. The average molecular weight is 570 g/mol. The van der Waals surface area contributed by atoms with Gasteiger partial charge in [-0.25, -0.2) is 4.79 Å². The number of carbonyl (C=O) groups excluding carboxylic acids is 1. The topological polar surface area (TPSA) is 76.0 Å². The van der Waals surface area contributed by atoms with E-state index in [9.17, 15) is 15.0 Å². The van der Waals surface area contributed by atoms with Gasteiger partial charge in [-0.1, -0.05) is 85.1 Å². The highest BCUT2D eigenvalue weighted by Gasteiger charge is 2.61. The molecule has 0 saturated carbocycles. The molecule has 0 amide bonds. The summed E-state index contributed by atoms with van der Waals surface area (Å²) in [5.41, 5.74) is 2.28. The van der Waals surface area contributed by atoms with Gasteiger partial charge in [0.15, 0.2) is 5.60 Å². The van der Waals surface area contributed by atoms with E-state index >= 15 is 0 Å². The summed E-state index contributed by atoms with van der Waals surface area (Å²) in [7, 11) is 0. The van der Waals surface area contributed by atoms with E-state index in [0.29, 0.717) is 33.6 Å². The second-order valence-electron chi connectivity index (χ2n) is 10.1. The molecular weight excluding hydrogens is 547 g/mol. The van der Waals surface area contributed by atoms with Gasteiger partial charge in [-0.2, -0.15) is 0 Å². The Balaban J connectivity index is 1.74. The Morgan fingerprint density at radius 3 is 2.29 bits per heavy atom. The Morgan fingerprint density at radius 1 is 0.947 bits per heavy atom. The SMILES string of the molecule is Cc1c(O)c(Cl)cc2c1OC1C(c3ccccc3)=C(O)C(C(C)C)=CC1C21OC(=O)c2cc(Cl)c(Cl)cc21. The van der Waals surface area contributed by atoms with Crippen molar-refractivity contribution in [3.63, 3.8) is 0 Å². The number of phenols is 1. The molecule has 0 bridgehead atoms. The molecule has 0 fully saturated rings. The molecule has 2 heterocycles. The Hall–Kier alpha value is -3.12. The van der Waals surface area contributed by atoms with Crippen LogP contribution in [-0.4, -0.2) is 22.3 Å². The predicted octanol–water partition coefficient (Wildman–Crippen LogP) is 8.02. The predicted molar refractivity (Wildman–Crippen MR) is 147 cm³/mol. The molecule has 1 spiro atoms. The monoisotopic (exact) mass is 568 g/mol. The van der Waals surface area contributed by atoms with E-state index < -0.39 is 23.6 Å². The summed E-state index contributed by atoms with van der Waals surface area (Å²) in [5, 5.41) is 22.9. The highest BCUT2D eigenvalue weighted by Crippen LogP contribution is 2.61. The number of aliphatic hydroxyl groups excluding tert-OH is 1. The van der Waals surface area contributed by atoms with Crippen molar-refractivity contribution < 1.29 is 24.5 Å². The molecule has 1 aliphatic carbocycles. The number of fused-ring (bicyclic) bond motifs is 6. The summed E-state index contributed by atoms with van der Waals surface area (Å²) in [6.07, 6.45) is 1.14. The maximum absolute atomic E-state index is 13.4. The minimum Gasteiger partial charge on any atom is -0.507 e. The van der Waals surface area contributed by atoms with Gasteiger partial charge < -0.3 is 19.7 Å². The lowest BCUT2D eigenvalue weighted by molar-refractivity contribution is -0.0410. The third-order valence-electron chi connectivity index (χ3n) is 7.69. The lowest BCUT2D eigenvalue weighted by Crippen LogP contribution is -2.50. The van der Waals surface area contributed by atoms with E-state index in [1.165, 1.54) is 6.07 Å². The summed E-state index contributed by atoms with van der Waals surface area (Å²) in [5.74, 6) is -0.930. The van der Waals surface area contributed by atoms with Crippen molar-refractivity contribution in [1.82, 2.24) is 0 Å². The quantitative estimate of drug-likeness (QED) is 0.306. The summed E-state index contributed by atoms with van der Waals surface area (Å²) in [6, 6.07) is 14.2. The van der Waals surface area contributed by atoms with Gasteiger partial charge in [-0.15, -0.1) is 0 Å². The molecule has 2 N–H and O–H groups in total. The van der Waals surface area contributed by atoms with Crippen LogP contribution in [0, 0.1) is 18.8 Å². The van der Waals surface area contributed by atoms with Crippen molar-refractivity contribution >= 4 is 46.3 Å². The number of ether oxygens (including phenoxy) is 2. The molecule has 2 aliphatic heterocycles. The number of rotatable bonds is 2. The van der Waals surface area contributed by atoms with Crippen LogP contribution in [0.15, 0.2) is 65.9 Å². The highest BCUT2D eigenvalue weighted by atomic mass is 35.5. The standard InChI is InChI=1S/C30H23Cl3O5/c1-13(2)16-9-19-28(24(26(16)35)15-7-5-4-6-8-15)37-27-14(3)25(34)23(33)12-20(27)30(19)18-11-22(32)21(31)10-17(18)29(36)38-30/h4-13,19,28,34-35H,1-3H3. The number of hydrogen-bond donors (Lipinski definition) is 2. The molecule has 3 unspecified atom stereocenters. The maximum Gasteiger partial charge on any atom is 0.339 e. The fourth-order valence-electron chi connectivity index (χ4n) is 5.89. The molecule has 0 aromatic heterocycles. The lowest BCUT2D eigenvalue weighted by Gasteiger charge is -2.48. The second-order valence-corrected chi connectivity index (χ2v) is 11.3. The molecule has 0 radical (unpaired) electrons. The first kappa shape index (κ1) is 25.2. The van der Waals surface area contributed by atoms with Crippen LogP contribution in [0.3, 0.4) is 0 Å². The number of carbonyl (C=O) groups is 1. The van der Waals surface area contributed by atoms with Crippen molar-refractivity contribution in [3.8, 4) is 11.5 Å². The van der Waals surface area contributed by atoms with E-state index in [2.05, 4.69) is 0 Å². The van der Waals surface area contributed by atoms with Gasteiger partial charge in [0.05, 0.1) is 26.5 Å². The number of aromatic hydroxyl groups is 1. The van der Waals surface area contributed by atoms with Gasteiger partial charge in [-0.3, -0.25) is 0 Å². The smallest absolute Gasteiger partial charge is 0.339 e. The second kappa shape index (κ2) is 8.70. The van der Waals surface area contributed by atoms with Crippen molar-refractivity contribution in [2.24, 2.45) is 11.8 Å². The summed E-state index contributed by atoms with van der Waals surface area (Å²) >= 11 is 19.3. The number of benzene rings is 3. The first-order valence-corrected chi connectivity index (χ1v) is 13.3. The van der Waals surface area contributed by atoms with Crippen LogP contribution in [0.1, 0.15) is 46.5 Å². The van der Waals surface area contributed by atoms with Gasteiger partial charge in [-0.05, 0) is 42.2 Å². The number of hydrogen-bond acceptors (Lipinski definition) is 5. The fraction of sp³-hybridized carbons (Fsp3) is 0.233. The van der Waals surface area contributed by atoms with E-state index in [1.807, 2.05) is 50.3 Å². The summed E-state index contributed by atoms with van der Waals surface area (Å²) < 4.78 is 13.0. The fourth-order valence-corrected chi connectivity index (χ4v) is 6.47. The summed E-state index contributed by atoms with van der Waals surface area (Å²) in [4.78, 5) is 13.4. The number of phenolic OH excluding ortho intramolecular Hbond substituents is 1. The zero-order valence-electron chi connectivity index (χ0n) is 20.7. The van der Waals surface area contributed by atoms with Crippen molar-refractivity contribution in [1.29, 1.82) is 0 Å². The van der Waals surface area contributed by atoms with E-state index in [-0.39, 0.29) is 38.1 Å². The zero-order chi connectivity index (χ0) is 27.1. The van der Waals surface area contributed by atoms with Crippen LogP contribution in [0.2, 0.25) is 15.1 Å². The lowest BCUT2D eigenvalue weighted by atomic mass is 9.65. The van der Waals surface area contributed by atoms with Gasteiger partial charge in [0.2, 0.25) is 0 Å². The van der Waals surface area contributed by atoms with Gasteiger partial charge in [0.1, 0.15) is 23.4 Å². The molecule has 3 atom stereocenters. The molecule has 5 nitrogen and oxygen atoms in total. The minimum absolute atomic E-state index is 0.0522. The Kier molecular flexibility index (Phi) is 5.76. The molecule has 0 saturated heterocycles. The first-order chi connectivity index (χ1) is 18.1. The minimum atomic E-state index is -1.41. The van der Waals surface area contributed by atoms with Crippen LogP contribution in [0.5, 0.6) is 11.5 Å². The number of allylic oxidation sites excluding steroid dienone is 1. The van der Waals surface area contributed by atoms with Crippen molar-refractivity contribution in [2.75, 3.05) is 0 Å². The molecule has 6 rings (SSSR count). The van der Waals surface area contributed by atoms with E-state index in [0.717, 1.165) is 5.56 Å². The first-order valence-electron chi connectivity index (χ1n) is 12.2. The zero-order valence-corrected chi connectivity index (χ0v) is 22.9. The van der Waals surface area contributed by atoms with Crippen LogP contribution in [-0.2, 0) is 10.3 Å². The molecular formula is C30H23Cl3O5. The molecule has 3 aromatic rings. The Morgan fingerprint density at radius 2 is 1.61 bits per heavy atom. The van der Waals surface area contributed by atoms with Crippen molar-refractivity contribution in [3.05, 3.63) is 109 Å². The van der Waals surface area contributed by atoms with Gasteiger partial charge >= 0.3 is 5.97 Å². The number of halogens is 3. The van der Waals surface area contributed by atoms with Gasteiger partial charge in [0.25, 0.3) is 0 Å².